The predicted molar refractivity (Wildman–Crippen MR) is 126 cm³/mol. The molecule has 4 rings (SSSR count). The number of alkyl halides is 2. The fourth-order valence-electron chi connectivity index (χ4n) is 3.82. The maximum Gasteiger partial charge on any atom is 0.387 e. The zero-order valence-corrected chi connectivity index (χ0v) is 20.0. The first kappa shape index (κ1) is 24.3. The van der Waals surface area contributed by atoms with Crippen LogP contribution in [0.5, 0.6) is 11.5 Å². The van der Waals surface area contributed by atoms with Gasteiger partial charge in [0.1, 0.15) is 11.5 Å². The Morgan fingerprint density at radius 3 is 2.60 bits per heavy atom. The number of aromatic nitrogens is 1. The zero-order valence-electron chi connectivity index (χ0n) is 19.2. The molecule has 0 aliphatic carbocycles. The molecule has 7 nitrogen and oxygen atoms in total. The highest BCUT2D eigenvalue weighted by Crippen LogP contribution is 2.32. The van der Waals surface area contributed by atoms with Crippen molar-refractivity contribution in [1.82, 2.24) is 4.57 Å². The van der Waals surface area contributed by atoms with E-state index in [4.69, 9.17) is 9.47 Å². The summed E-state index contributed by atoms with van der Waals surface area (Å²) >= 11 is 1.17. The number of carbonyl (C=O) groups is 1. The number of rotatable bonds is 7. The van der Waals surface area contributed by atoms with Crippen molar-refractivity contribution in [2.24, 2.45) is 4.99 Å². The molecule has 0 fully saturated rings. The monoisotopic (exact) mass is 500 g/mol. The summed E-state index contributed by atoms with van der Waals surface area (Å²) in [5.41, 5.74) is 1.67. The molecule has 1 aliphatic heterocycles. The summed E-state index contributed by atoms with van der Waals surface area (Å²) in [6.45, 7) is 0.674. The maximum atomic E-state index is 13.6. The maximum absolute atomic E-state index is 13.6. The Labute approximate surface area is 203 Å². The van der Waals surface area contributed by atoms with Gasteiger partial charge in [0.05, 0.1) is 35.6 Å². The Hall–Kier alpha value is -3.79. The number of carbonyl (C=O) groups excluding carboxylic acids is 1. The Balaban J connectivity index is 1.87. The normalized spacial score (nSPS) is 15.6. The van der Waals surface area contributed by atoms with E-state index in [2.05, 4.69) is 9.73 Å². The fraction of sp³-hybridized carbons (Fsp3) is 0.240. The van der Waals surface area contributed by atoms with E-state index in [0.717, 1.165) is 0 Å². The van der Waals surface area contributed by atoms with Crippen LogP contribution in [0.2, 0.25) is 0 Å². The highest BCUT2D eigenvalue weighted by molar-refractivity contribution is 7.07. The molecule has 2 aromatic carbocycles. The van der Waals surface area contributed by atoms with Crippen molar-refractivity contribution < 1.29 is 27.8 Å². The van der Waals surface area contributed by atoms with Crippen LogP contribution in [0.25, 0.3) is 6.08 Å². The number of benzene rings is 2. The van der Waals surface area contributed by atoms with E-state index in [9.17, 15) is 18.4 Å². The van der Waals surface area contributed by atoms with Crippen LogP contribution in [-0.2, 0) is 9.53 Å². The second kappa shape index (κ2) is 10.2. The van der Waals surface area contributed by atoms with Gasteiger partial charge in [-0.2, -0.15) is 8.78 Å². The Bertz CT molecular complexity index is 1460. The molecular weight excluding hydrogens is 478 g/mol. The van der Waals surface area contributed by atoms with Crippen molar-refractivity contribution in [2.75, 3.05) is 13.7 Å². The first-order valence-electron chi connectivity index (χ1n) is 10.7. The molecule has 1 aromatic heterocycles. The Morgan fingerprint density at radius 2 is 1.94 bits per heavy atom. The van der Waals surface area contributed by atoms with Crippen LogP contribution in [0.15, 0.2) is 69.6 Å². The largest absolute Gasteiger partial charge is 0.497 e. The van der Waals surface area contributed by atoms with E-state index in [0.29, 0.717) is 31.9 Å². The van der Waals surface area contributed by atoms with Crippen LogP contribution < -0.4 is 24.4 Å². The first-order chi connectivity index (χ1) is 16.8. The van der Waals surface area contributed by atoms with Crippen molar-refractivity contribution in [1.29, 1.82) is 0 Å². The Kier molecular flexibility index (Phi) is 7.11. The first-order valence-corrected chi connectivity index (χ1v) is 11.5. The molecule has 10 heteroatoms. The van der Waals surface area contributed by atoms with Crippen molar-refractivity contribution >= 4 is 23.4 Å². The van der Waals surface area contributed by atoms with Crippen LogP contribution >= 0.6 is 11.3 Å². The average molecular weight is 501 g/mol. The van der Waals surface area contributed by atoms with Crippen molar-refractivity contribution in [3.63, 3.8) is 0 Å². The van der Waals surface area contributed by atoms with Crippen LogP contribution in [0.4, 0.5) is 8.78 Å². The minimum absolute atomic E-state index is 0.0198. The third kappa shape index (κ3) is 5.02. The van der Waals surface area contributed by atoms with Gasteiger partial charge >= 0.3 is 12.6 Å². The standard InChI is InChI=1S/C25H22F2N2O5S/c1-4-33-23(31)20-14(2)28-25-29(21(20)16-6-5-7-18(13-16)32-3)22(30)19(35-25)12-15-8-10-17(11-9-15)34-24(26)27/h5-13,21,24H,4H2,1-3H3/b19-12+/t21-/m1/s1. The molecule has 0 saturated heterocycles. The Morgan fingerprint density at radius 1 is 1.20 bits per heavy atom. The lowest BCUT2D eigenvalue weighted by atomic mass is 9.95. The quantitative estimate of drug-likeness (QED) is 0.465. The van der Waals surface area contributed by atoms with Gasteiger partial charge in [-0.15, -0.1) is 0 Å². The number of methoxy groups -OCH3 is 1. The van der Waals surface area contributed by atoms with E-state index >= 15 is 0 Å². The third-order valence-corrected chi connectivity index (χ3v) is 6.31. The summed E-state index contributed by atoms with van der Waals surface area (Å²) in [4.78, 5) is 31.4. The number of thiazole rings is 1. The summed E-state index contributed by atoms with van der Waals surface area (Å²) in [7, 11) is 1.54. The molecule has 1 aliphatic rings. The molecule has 0 saturated carbocycles. The van der Waals surface area contributed by atoms with Crippen LogP contribution in [0.3, 0.4) is 0 Å². The lowest BCUT2D eigenvalue weighted by Crippen LogP contribution is -2.39. The predicted octanol–water partition coefficient (Wildman–Crippen LogP) is 3.41. The number of ether oxygens (including phenoxy) is 3. The molecule has 0 amide bonds. The second-order valence-electron chi connectivity index (χ2n) is 7.53. The summed E-state index contributed by atoms with van der Waals surface area (Å²) < 4.78 is 41.7. The number of nitrogens with zero attached hydrogens (tertiary/aromatic N) is 2. The second-order valence-corrected chi connectivity index (χ2v) is 8.54. The number of halogens is 2. The fourth-order valence-corrected chi connectivity index (χ4v) is 4.86. The molecule has 3 aromatic rings. The SMILES string of the molecule is CCOC(=O)C1=C(C)N=c2s/c(=C/c3ccc(OC(F)F)cc3)c(=O)n2[C@@H]1c1cccc(OC)c1. The number of hydrogen-bond donors (Lipinski definition) is 0. The van der Waals surface area contributed by atoms with Gasteiger partial charge in [0.25, 0.3) is 5.56 Å². The minimum atomic E-state index is -2.92. The number of esters is 1. The van der Waals surface area contributed by atoms with E-state index in [1.165, 1.54) is 35.1 Å². The van der Waals surface area contributed by atoms with Crippen LogP contribution in [-0.4, -0.2) is 30.9 Å². The molecule has 182 valence electrons. The molecule has 1 atom stereocenters. The average Bonchev–Trinajstić information content (AvgIpc) is 3.13. The van der Waals surface area contributed by atoms with Gasteiger partial charge in [-0.25, -0.2) is 9.79 Å². The van der Waals surface area contributed by atoms with Gasteiger partial charge in [0.2, 0.25) is 0 Å². The van der Waals surface area contributed by atoms with Gasteiger partial charge in [-0.1, -0.05) is 35.6 Å². The van der Waals surface area contributed by atoms with E-state index in [1.807, 2.05) is 6.07 Å². The number of hydrogen-bond acceptors (Lipinski definition) is 7. The van der Waals surface area contributed by atoms with Gasteiger partial charge in [-0.3, -0.25) is 9.36 Å². The molecule has 0 spiro atoms. The van der Waals surface area contributed by atoms with Gasteiger partial charge in [-0.05, 0) is 55.3 Å². The number of fused-ring (bicyclic) bond motifs is 1. The molecule has 0 N–H and O–H groups in total. The van der Waals surface area contributed by atoms with Gasteiger partial charge < -0.3 is 14.2 Å². The smallest absolute Gasteiger partial charge is 0.387 e. The van der Waals surface area contributed by atoms with Gasteiger partial charge in [0.15, 0.2) is 4.80 Å². The minimum Gasteiger partial charge on any atom is -0.497 e. The van der Waals surface area contributed by atoms with Crippen molar-refractivity contribution in [3.05, 3.63) is 90.6 Å². The number of allylic oxidation sites excluding steroid dienone is 1. The molecule has 0 unspecified atom stereocenters. The summed E-state index contributed by atoms with van der Waals surface area (Å²) in [6, 6.07) is 12.3. The summed E-state index contributed by atoms with van der Waals surface area (Å²) in [5.74, 6) is 0.0467. The van der Waals surface area contributed by atoms with Gasteiger partial charge in [0, 0.05) is 0 Å². The molecular formula is C25H22F2N2O5S. The summed E-state index contributed by atoms with van der Waals surface area (Å²) in [6.07, 6.45) is 1.64. The van der Waals surface area contributed by atoms with Crippen molar-refractivity contribution in [2.45, 2.75) is 26.5 Å². The molecule has 35 heavy (non-hydrogen) atoms. The van der Waals surface area contributed by atoms with Crippen molar-refractivity contribution in [3.8, 4) is 11.5 Å². The molecule has 0 bridgehead atoms. The molecule has 0 radical (unpaired) electrons. The highest BCUT2D eigenvalue weighted by Gasteiger charge is 2.33. The zero-order chi connectivity index (χ0) is 25.1. The van der Waals surface area contributed by atoms with Crippen LogP contribution in [0, 0.1) is 0 Å². The third-order valence-electron chi connectivity index (χ3n) is 5.33. The lowest BCUT2D eigenvalue weighted by Gasteiger charge is -2.25. The van der Waals surface area contributed by atoms with Crippen LogP contribution in [0.1, 0.15) is 31.0 Å². The topological polar surface area (TPSA) is 79.1 Å². The van der Waals surface area contributed by atoms with E-state index in [-0.39, 0.29) is 23.5 Å². The van der Waals surface area contributed by atoms with E-state index in [1.54, 1.807) is 50.3 Å². The summed E-state index contributed by atoms with van der Waals surface area (Å²) in [5, 5.41) is 0. The lowest BCUT2D eigenvalue weighted by molar-refractivity contribution is -0.139. The highest BCUT2D eigenvalue weighted by atomic mass is 32.1. The van der Waals surface area contributed by atoms with E-state index < -0.39 is 18.6 Å². The molecule has 2 heterocycles.